The van der Waals surface area contributed by atoms with E-state index in [-0.39, 0.29) is 5.78 Å². The van der Waals surface area contributed by atoms with Crippen molar-refractivity contribution in [2.75, 3.05) is 5.32 Å². The standard InChI is InChI=1S/C26H28N2O2/c29-26(16-11-20-6-1-2-7-20)21-8-5-10-23(18-21)28-22-12-14-25(15-13-22)30-19-24-9-3-4-17-27-24/h3-5,8-10,12-15,17-18,20,28H,1-2,6-7,11,16,19H2. The van der Waals surface area contributed by atoms with E-state index < -0.39 is 0 Å². The van der Waals surface area contributed by atoms with Crippen molar-refractivity contribution in [1.82, 2.24) is 4.98 Å². The Morgan fingerprint density at radius 2 is 1.80 bits per heavy atom. The number of rotatable bonds is 9. The van der Waals surface area contributed by atoms with E-state index in [1.165, 1.54) is 25.7 Å². The smallest absolute Gasteiger partial charge is 0.162 e. The molecule has 4 nitrogen and oxygen atoms in total. The molecule has 0 spiro atoms. The predicted octanol–water partition coefficient (Wildman–Crippen LogP) is 6.56. The fourth-order valence-corrected chi connectivity index (χ4v) is 3.99. The number of pyridine rings is 1. The van der Waals surface area contributed by atoms with Crippen LogP contribution in [0.1, 0.15) is 54.6 Å². The SMILES string of the molecule is O=C(CCC1CCCC1)c1cccc(Nc2ccc(OCc3ccccn3)cc2)c1. The normalized spacial score (nSPS) is 13.9. The van der Waals surface area contributed by atoms with Gasteiger partial charge in [-0.2, -0.15) is 0 Å². The number of nitrogens with one attached hydrogen (secondary N) is 1. The van der Waals surface area contributed by atoms with Gasteiger partial charge < -0.3 is 10.1 Å². The summed E-state index contributed by atoms with van der Waals surface area (Å²) in [4.78, 5) is 16.9. The molecule has 4 heteroatoms. The van der Waals surface area contributed by atoms with Crippen molar-refractivity contribution in [3.05, 3.63) is 84.2 Å². The number of nitrogens with zero attached hydrogens (tertiary/aromatic N) is 1. The lowest BCUT2D eigenvalue weighted by atomic mass is 9.97. The molecule has 154 valence electrons. The summed E-state index contributed by atoms with van der Waals surface area (Å²) in [5.41, 5.74) is 3.56. The van der Waals surface area contributed by atoms with Gasteiger partial charge in [-0.1, -0.05) is 43.9 Å². The van der Waals surface area contributed by atoms with Gasteiger partial charge in [0.15, 0.2) is 5.78 Å². The number of Topliss-reactive ketones (excluding diaryl/α,β-unsaturated/α-hetero) is 1. The largest absolute Gasteiger partial charge is 0.487 e. The van der Waals surface area contributed by atoms with Crippen LogP contribution in [-0.2, 0) is 6.61 Å². The maximum Gasteiger partial charge on any atom is 0.162 e. The van der Waals surface area contributed by atoms with Gasteiger partial charge in [-0.15, -0.1) is 0 Å². The molecule has 0 atom stereocenters. The summed E-state index contributed by atoms with van der Waals surface area (Å²) in [5.74, 6) is 1.78. The first-order chi connectivity index (χ1) is 14.8. The van der Waals surface area contributed by atoms with Crippen LogP contribution >= 0.6 is 0 Å². The highest BCUT2D eigenvalue weighted by Crippen LogP contribution is 2.29. The van der Waals surface area contributed by atoms with Gasteiger partial charge in [-0.25, -0.2) is 0 Å². The van der Waals surface area contributed by atoms with Crippen LogP contribution in [0, 0.1) is 5.92 Å². The third-order valence-electron chi connectivity index (χ3n) is 5.69. The lowest BCUT2D eigenvalue weighted by molar-refractivity contribution is 0.0974. The lowest BCUT2D eigenvalue weighted by Gasteiger charge is -2.11. The first-order valence-electron chi connectivity index (χ1n) is 10.8. The van der Waals surface area contributed by atoms with Gasteiger partial charge in [0.05, 0.1) is 5.69 Å². The minimum atomic E-state index is 0.240. The molecule has 0 bridgehead atoms. The number of carbonyl (C=O) groups excluding carboxylic acids is 1. The van der Waals surface area contributed by atoms with Crippen molar-refractivity contribution in [2.24, 2.45) is 5.92 Å². The first kappa shape index (κ1) is 20.1. The van der Waals surface area contributed by atoms with E-state index in [9.17, 15) is 4.79 Å². The quantitative estimate of drug-likeness (QED) is 0.413. The third-order valence-corrected chi connectivity index (χ3v) is 5.69. The molecule has 4 rings (SSSR count). The average molecular weight is 401 g/mol. The zero-order valence-corrected chi connectivity index (χ0v) is 17.2. The van der Waals surface area contributed by atoms with Crippen LogP contribution in [0.25, 0.3) is 0 Å². The van der Waals surface area contributed by atoms with E-state index in [1.807, 2.05) is 66.7 Å². The summed E-state index contributed by atoms with van der Waals surface area (Å²) in [6.07, 6.45) is 8.66. The number of hydrogen-bond donors (Lipinski definition) is 1. The van der Waals surface area contributed by atoms with Gasteiger partial charge in [0, 0.05) is 29.6 Å². The van der Waals surface area contributed by atoms with Gasteiger partial charge in [0.2, 0.25) is 0 Å². The number of benzene rings is 2. The van der Waals surface area contributed by atoms with E-state index in [2.05, 4.69) is 10.3 Å². The molecule has 0 aliphatic heterocycles. The molecule has 1 saturated carbocycles. The molecule has 2 aromatic carbocycles. The number of anilines is 2. The van der Waals surface area contributed by atoms with Gasteiger partial charge in [0.1, 0.15) is 12.4 Å². The molecule has 1 heterocycles. The molecular formula is C26H28N2O2. The Bertz CT molecular complexity index is 948. The Balaban J connectivity index is 1.31. The van der Waals surface area contributed by atoms with Crippen LogP contribution in [0.2, 0.25) is 0 Å². The van der Waals surface area contributed by atoms with Crippen molar-refractivity contribution in [1.29, 1.82) is 0 Å². The summed E-state index contributed by atoms with van der Waals surface area (Å²) in [6.45, 7) is 0.443. The Morgan fingerprint density at radius 3 is 2.57 bits per heavy atom. The van der Waals surface area contributed by atoms with Crippen LogP contribution in [0.15, 0.2) is 72.9 Å². The first-order valence-corrected chi connectivity index (χ1v) is 10.8. The van der Waals surface area contributed by atoms with E-state index >= 15 is 0 Å². The fraction of sp³-hybridized carbons (Fsp3) is 0.308. The maximum absolute atomic E-state index is 12.6. The highest BCUT2D eigenvalue weighted by molar-refractivity contribution is 5.97. The van der Waals surface area contributed by atoms with Crippen LogP contribution in [0.4, 0.5) is 11.4 Å². The summed E-state index contributed by atoms with van der Waals surface area (Å²) in [6, 6.07) is 21.4. The number of aromatic nitrogens is 1. The van der Waals surface area contributed by atoms with Crippen LogP contribution in [0.5, 0.6) is 5.75 Å². The Kier molecular flexibility index (Phi) is 6.75. The van der Waals surface area contributed by atoms with Crippen molar-refractivity contribution in [3.8, 4) is 5.75 Å². The van der Waals surface area contributed by atoms with Gasteiger partial charge in [-0.05, 0) is 60.9 Å². The van der Waals surface area contributed by atoms with Crippen LogP contribution in [0.3, 0.4) is 0 Å². The third kappa shape index (κ3) is 5.69. The van der Waals surface area contributed by atoms with Crippen molar-refractivity contribution in [2.45, 2.75) is 45.1 Å². The average Bonchev–Trinajstić information content (AvgIpc) is 3.32. The molecule has 3 aromatic rings. The Hall–Kier alpha value is -3.14. The van der Waals surface area contributed by atoms with Crippen molar-refractivity contribution in [3.63, 3.8) is 0 Å². The molecule has 0 amide bonds. The molecule has 1 aliphatic carbocycles. The Morgan fingerprint density at radius 1 is 0.967 bits per heavy atom. The minimum absolute atomic E-state index is 0.240. The highest BCUT2D eigenvalue weighted by Gasteiger charge is 2.17. The van der Waals surface area contributed by atoms with E-state index in [1.54, 1.807) is 6.20 Å². The maximum atomic E-state index is 12.6. The van der Waals surface area contributed by atoms with Crippen LogP contribution < -0.4 is 10.1 Å². The second-order valence-electron chi connectivity index (χ2n) is 7.95. The van der Waals surface area contributed by atoms with Crippen LogP contribution in [-0.4, -0.2) is 10.8 Å². The summed E-state index contributed by atoms with van der Waals surface area (Å²) < 4.78 is 5.78. The van der Waals surface area contributed by atoms with E-state index in [0.717, 1.165) is 40.7 Å². The topological polar surface area (TPSA) is 51.2 Å². The van der Waals surface area contributed by atoms with Gasteiger partial charge in [-0.3, -0.25) is 9.78 Å². The van der Waals surface area contributed by atoms with Gasteiger partial charge in [0.25, 0.3) is 0 Å². The van der Waals surface area contributed by atoms with E-state index in [4.69, 9.17) is 4.74 Å². The Labute approximate surface area is 178 Å². The predicted molar refractivity (Wildman–Crippen MR) is 120 cm³/mol. The number of ketones is 1. The molecule has 0 unspecified atom stereocenters. The van der Waals surface area contributed by atoms with Crippen molar-refractivity contribution >= 4 is 17.2 Å². The minimum Gasteiger partial charge on any atom is -0.487 e. The van der Waals surface area contributed by atoms with Gasteiger partial charge >= 0.3 is 0 Å². The van der Waals surface area contributed by atoms with E-state index in [0.29, 0.717) is 13.0 Å². The molecule has 1 aliphatic rings. The van der Waals surface area contributed by atoms with Crippen molar-refractivity contribution < 1.29 is 9.53 Å². The molecule has 0 radical (unpaired) electrons. The number of ether oxygens (including phenoxy) is 1. The number of hydrogen-bond acceptors (Lipinski definition) is 4. The zero-order valence-electron chi connectivity index (χ0n) is 17.2. The molecular weight excluding hydrogens is 372 g/mol. The zero-order chi connectivity index (χ0) is 20.6. The monoisotopic (exact) mass is 400 g/mol. The lowest BCUT2D eigenvalue weighted by Crippen LogP contribution is -2.03. The highest BCUT2D eigenvalue weighted by atomic mass is 16.5. The molecule has 30 heavy (non-hydrogen) atoms. The molecule has 1 N–H and O–H groups in total. The second-order valence-corrected chi connectivity index (χ2v) is 7.95. The second kappa shape index (κ2) is 10.1. The molecule has 1 fully saturated rings. The summed E-state index contributed by atoms with van der Waals surface area (Å²) in [5, 5.41) is 3.38. The summed E-state index contributed by atoms with van der Waals surface area (Å²) in [7, 11) is 0. The molecule has 1 aromatic heterocycles. The number of carbonyl (C=O) groups is 1. The fourth-order valence-electron chi connectivity index (χ4n) is 3.99. The molecule has 0 saturated heterocycles. The summed E-state index contributed by atoms with van der Waals surface area (Å²) >= 11 is 0.